The highest BCUT2D eigenvalue weighted by Gasteiger charge is 2.21. The Morgan fingerprint density at radius 1 is 1.23 bits per heavy atom. The third-order valence-corrected chi connectivity index (χ3v) is 4.36. The average molecular weight is 344 g/mol. The lowest BCUT2D eigenvalue weighted by molar-refractivity contribution is -0.384. The number of benzene rings is 2. The normalized spacial score (nSPS) is 11.1. The fourth-order valence-corrected chi connectivity index (χ4v) is 2.74. The molecule has 0 saturated carbocycles. The summed E-state index contributed by atoms with van der Waals surface area (Å²) in [6, 6.07) is 15.3. The standard InChI is InChI=1S/C19H17BN4O2/c1-19(2,11-21)12-3-6-14(7-4-12)23-18-15-9-13(20)5-8-16(15)22-10-17(18)24(25)26/h3-10H,20H2,1-2H3,(H,22,23). The number of nitrogens with zero attached hydrogens (tertiary/aromatic N) is 3. The zero-order chi connectivity index (χ0) is 18.9. The van der Waals surface area contributed by atoms with Gasteiger partial charge in [-0.25, -0.2) is 4.98 Å². The lowest BCUT2D eigenvalue weighted by atomic mass is 9.86. The Morgan fingerprint density at radius 2 is 1.92 bits per heavy atom. The van der Waals surface area contributed by atoms with E-state index >= 15 is 0 Å². The minimum Gasteiger partial charge on any atom is -0.349 e. The van der Waals surface area contributed by atoms with Crippen LogP contribution in [0.25, 0.3) is 10.9 Å². The smallest absolute Gasteiger partial charge is 0.311 e. The quantitative estimate of drug-likeness (QED) is 0.446. The number of pyridine rings is 1. The van der Waals surface area contributed by atoms with Gasteiger partial charge >= 0.3 is 5.69 Å². The predicted molar refractivity (Wildman–Crippen MR) is 105 cm³/mol. The van der Waals surface area contributed by atoms with Crippen LogP contribution >= 0.6 is 0 Å². The highest BCUT2D eigenvalue weighted by molar-refractivity contribution is 6.33. The van der Waals surface area contributed by atoms with E-state index in [1.807, 2.05) is 64.2 Å². The van der Waals surface area contributed by atoms with Gasteiger partial charge in [0.1, 0.15) is 19.7 Å². The SMILES string of the molecule is Bc1ccc2ncc([N+](=O)[O-])c(Nc3ccc(C(C)(C)C#N)cc3)c2c1. The summed E-state index contributed by atoms with van der Waals surface area (Å²) in [5.41, 5.74) is 3.01. The van der Waals surface area contributed by atoms with Crippen LogP contribution in [0.4, 0.5) is 17.1 Å². The molecule has 3 rings (SSSR count). The second-order valence-corrected chi connectivity index (χ2v) is 6.74. The number of nitrogens with one attached hydrogen (secondary N) is 1. The molecule has 2 aromatic carbocycles. The number of hydrogen-bond donors (Lipinski definition) is 1. The molecule has 26 heavy (non-hydrogen) atoms. The van der Waals surface area contributed by atoms with Gasteiger partial charge < -0.3 is 5.32 Å². The molecule has 3 aromatic rings. The molecule has 7 heteroatoms. The van der Waals surface area contributed by atoms with Crippen molar-refractivity contribution in [1.82, 2.24) is 4.98 Å². The van der Waals surface area contributed by atoms with E-state index in [0.29, 0.717) is 22.3 Å². The number of aromatic nitrogens is 1. The molecular weight excluding hydrogens is 327 g/mol. The molecule has 0 bridgehead atoms. The van der Waals surface area contributed by atoms with Gasteiger partial charge in [-0.3, -0.25) is 10.1 Å². The zero-order valence-electron chi connectivity index (χ0n) is 14.8. The Balaban J connectivity index is 2.08. The zero-order valence-corrected chi connectivity index (χ0v) is 14.8. The highest BCUT2D eigenvalue weighted by Crippen LogP contribution is 2.34. The summed E-state index contributed by atoms with van der Waals surface area (Å²) >= 11 is 0. The van der Waals surface area contributed by atoms with Crippen LogP contribution in [0.15, 0.2) is 48.7 Å². The van der Waals surface area contributed by atoms with Gasteiger partial charge in [0.05, 0.1) is 21.9 Å². The Bertz CT molecular complexity index is 1040. The molecule has 1 N–H and O–H groups in total. The van der Waals surface area contributed by atoms with E-state index < -0.39 is 10.3 Å². The van der Waals surface area contributed by atoms with Crippen molar-refractivity contribution in [3.8, 4) is 6.07 Å². The number of nitro groups is 1. The summed E-state index contributed by atoms with van der Waals surface area (Å²) in [6.07, 6.45) is 1.27. The van der Waals surface area contributed by atoms with Crippen LogP contribution in [0.1, 0.15) is 19.4 Å². The Kier molecular flexibility index (Phi) is 4.35. The van der Waals surface area contributed by atoms with E-state index in [1.165, 1.54) is 6.20 Å². The summed E-state index contributed by atoms with van der Waals surface area (Å²) in [7, 11) is 1.93. The molecule has 0 aliphatic rings. The van der Waals surface area contributed by atoms with Gasteiger partial charge in [0, 0.05) is 11.1 Å². The summed E-state index contributed by atoms with van der Waals surface area (Å²) < 4.78 is 0. The molecule has 6 nitrogen and oxygen atoms in total. The molecule has 0 fully saturated rings. The molecule has 1 aromatic heterocycles. The fourth-order valence-electron chi connectivity index (χ4n) is 2.74. The van der Waals surface area contributed by atoms with Gasteiger partial charge in [0.2, 0.25) is 0 Å². The predicted octanol–water partition coefficient (Wildman–Crippen LogP) is 2.95. The van der Waals surface area contributed by atoms with Crippen LogP contribution in [-0.2, 0) is 5.41 Å². The van der Waals surface area contributed by atoms with E-state index in [0.717, 1.165) is 11.0 Å². The van der Waals surface area contributed by atoms with Crippen LogP contribution in [0.3, 0.4) is 0 Å². The largest absolute Gasteiger partial charge is 0.349 e. The van der Waals surface area contributed by atoms with Crippen LogP contribution in [-0.4, -0.2) is 17.8 Å². The summed E-state index contributed by atoms with van der Waals surface area (Å²) in [5, 5.41) is 24.6. The first kappa shape index (κ1) is 17.4. The number of rotatable bonds is 4. The monoisotopic (exact) mass is 344 g/mol. The van der Waals surface area contributed by atoms with Crippen molar-refractivity contribution in [2.75, 3.05) is 5.32 Å². The Hall–Kier alpha value is -3.40. The van der Waals surface area contributed by atoms with E-state index in [-0.39, 0.29) is 5.69 Å². The van der Waals surface area contributed by atoms with Crippen molar-refractivity contribution in [3.05, 3.63) is 64.3 Å². The number of hydrogen-bond acceptors (Lipinski definition) is 5. The van der Waals surface area contributed by atoms with E-state index in [4.69, 9.17) is 0 Å². The van der Waals surface area contributed by atoms with E-state index in [1.54, 1.807) is 0 Å². The van der Waals surface area contributed by atoms with Crippen molar-refractivity contribution in [2.24, 2.45) is 0 Å². The van der Waals surface area contributed by atoms with Crippen LogP contribution in [0.2, 0.25) is 0 Å². The van der Waals surface area contributed by atoms with Gasteiger partial charge in [-0.2, -0.15) is 5.26 Å². The van der Waals surface area contributed by atoms with Gasteiger partial charge in [0.25, 0.3) is 0 Å². The van der Waals surface area contributed by atoms with Gasteiger partial charge in [-0.1, -0.05) is 29.7 Å². The van der Waals surface area contributed by atoms with Crippen molar-refractivity contribution < 1.29 is 4.92 Å². The minimum absolute atomic E-state index is 0.0791. The molecule has 0 unspecified atom stereocenters. The van der Waals surface area contributed by atoms with Crippen LogP contribution in [0.5, 0.6) is 0 Å². The molecular formula is C19H17BN4O2. The van der Waals surface area contributed by atoms with Gasteiger partial charge in [-0.15, -0.1) is 0 Å². The third-order valence-electron chi connectivity index (χ3n) is 4.36. The van der Waals surface area contributed by atoms with Crippen molar-refractivity contribution in [2.45, 2.75) is 19.3 Å². The minimum atomic E-state index is -0.592. The van der Waals surface area contributed by atoms with Crippen molar-refractivity contribution >= 4 is 41.3 Å². The topological polar surface area (TPSA) is 91.8 Å². The first-order chi connectivity index (χ1) is 12.3. The van der Waals surface area contributed by atoms with Gasteiger partial charge in [0.15, 0.2) is 0 Å². The lowest BCUT2D eigenvalue weighted by Gasteiger charge is -2.16. The summed E-state index contributed by atoms with van der Waals surface area (Å²) in [5.74, 6) is 0. The summed E-state index contributed by atoms with van der Waals surface area (Å²) in [6.45, 7) is 3.69. The lowest BCUT2D eigenvalue weighted by Crippen LogP contribution is -2.13. The maximum absolute atomic E-state index is 11.5. The van der Waals surface area contributed by atoms with Crippen LogP contribution < -0.4 is 10.8 Å². The Morgan fingerprint density at radius 3 is 2.54 bits per heavy atom. The summed E-state index contributed by atoms with van der Waals surface area (Å²) in [4.78, 5) is 15.2. The average Bonchev–Trinajstić information content (AvgIpc) is 2.62. The molecule has 128 valence electrons. The third kappa shape index (κ3) is 3.22. The molecule has 0 aliphatic carbocycles. The van der Waals surface area contributed by atoms with Crippen molar-refractivity contribution in [3.63, 3.8) is 0 Å². The maximum Gasteiger partial charge on any atom is 0.311 e. The van der Waals surface area contributed by atoms with Crippen LogP contribution in [0, 0.1) is 21.4 Å². The first-order valence-corrected chi connectivity index (χ1v) is 8.14. The highest BCUT2D eigenvalue weighted by atomic mass is 16.6. The number of nitriles is 1. The maximum atomic E-state index is 11.5. The Labute approximate surface area is 152 Å². The molecule has 0 spiro atoms. The van der Waals surface area contributed by atoms with E-state index in [2.05, 4.69) is 16.4 Å². The van der Waals surface area contributed by atoms with E-state index in [9.17, 15) is 15.4 Å². The van der Waals surface area contributed by atoms with Gasteiger partial charge in [-0.05, 0) is 37.6 Å². The second kappa shape index (κ2) is 6.49. The molecule has 0 amide bonds. The second-order valence-electron chi connectivity index (χ2n) is 6.74. The number of anilines is 2. The van der Waals surface area contributed by atoms with Crippen molar-refractivity contribution in [1.29, 1.82) is 5.26 Å². The first-order valence-electron chi connectivity index (χ1n) is 8.14. The molecule has 0 saturated heterocycles. The molecule has 1 heterocycles. The number of fused-ring (bicyclic) bond motifs is 1. The molecule has 0 atom stereocenters. The molecule has 0 aliphatic heterocycles. The fraction of sp³-hybridized carbons (Fsp3) is 0.158. The molecule has 0 radical (unpaired) electrons.